The molecule has 6 heteroatoms. The second-order valence-electron chi connectivity index (χ2n) is 6.27. The third-order valence-corrected chi connectivity index (χ3v) is 4.61. The van der Waals surface area contributed by atoms with Crippen LogP contribution in [0.2, 0.25) is 0 Å². The molecular formula is C17H26O5S. The summed E-state index contributed by atoms with van der Waals surface area (Å²) in [6, 6.07) is 5.97. The monoisotopic (exact) mass is 342 g/mol. The average Bonchev–Trinajstić information content (AvgIpc) is 2.46. The summed E-state index contributed by atoms with van der Waals surface area (Å²) in [6.07, 6.45) is 1.35. The zero-order valence-corrected chi connectivity index (χ0v) is 15.1. The van der Waals surface area contributed by atoms with E-state index in [1.54, 1.807) is 12.1 Å². The van der Waals surface area contributed by atoms with Gasteiger partial charge in [0.25, 0.3) is 10.1 Å². The maximum atomic E-state index is 12.3. The van der Waals surface area contributed by atoms with Crippen LogP contribution in [-0.4, -0.2) is 27.6 Å². The van der Waals surface area contributed by atoms with E-state index in [9.17, 15) is 13.2 Å². The minimum atomic E-state index is -3.97. The van der Waals surface area contributed by atoms with Crippen LogP contribution in [0.15, 0.2) is 29.2 Å². The molecule has 130 valence electrons. The fraction of sp³-hybridized carbons (Fsp3) is 0.588. The molecule has 0 saturated carbocycles. The molecule has 0 aliphatic heterocycles. The van der Waals surface area contributed by atoms with E-state index >= 15 is 0 Å². The van der Waals surface area contributed by atoms with Crippen molar-refractivity contribution in [1.82, 2.24) is 0 Å². The standard InChI is InChI=1S/C17H26O5S/c1-13(2)9-11-21-17(18)15-7-5-6-8-16(15)23(19,20)22-12-10-14(3)4/h5-8,13-14H,9-12H2,1-4H3. The first kappa shape index (κ1) is 19.6. The Balaban J connectivity index is 2.85. The van der Waals surface area contributed by atoms with Crippen LogP contribution >= 0.6 is 0 Å². The lowest BCUT2D eigenvalue weighted by Crippen LogP contribution is -2.16. The van der Waals surface area contributed by atoms with Crippen LogP contribution < -0.4 is 0 Å². The van der Waals surface area contributed by atoms with E-state index in [4.69, 9.17) is 8.92 Å². The van der Waals surface area contributed by atoms with Crippen molar-refractivity contribution in [2.75, 3.05) is 13.2 Å². The van der Waals surface area contributed by atoms with Crippen LogP contribution in [0, 0.1) is 11.8 Å². The summed E-state index contributed by atoms with van der Waals surface area (Å²) in [5.74, 6) is 0.0971. The Labute approximate surface area is 139 Å². The minimum Gasteiger partial charge on any atom is -0.462 e. The normalized spacial score (nSPS) is 11.9. The number of rotatable bonds is 9. The van der Waals surface area contributed by atoms with Crippen molar-refractivity contribution in [3.05, 3.63) is 29.8 Å². The van der Waals surface area contributed by atoms with Gasteiger partial charge in [0.2, 0.25) is 0 Å². The molecule has 1 aromatic carbocycles. The Kier molecular flexibility index (Phi) is 7.72. The molecule has 0 aliphatic rings. The maximum absolute atomic E-state index is 12.3. The molecule has 0 N–H and O–H groups in total. The number of hydrogen-bond acceptors (Lipinski definition) is 5. The summed E-state index contributed by atoms with van der Waals surface area (Å²) < 4.78 is 34.8. The number of hydrogen-bond donors (Lipinski definition) is 0. The number of benzene rings is 1. The zero-order valence-electron chi connectivity index (χ0n) is 14.2. The van der Waals surface area contributed by atoms with Gasteiger partial charge in [-0.2, -0.15) is 8.42 Å². The van der Waals surface area contributed by atoms with Gasteiger partial charge >= 0.3 is 5.97 Å². The largest absolute Gasteiger partial charge is 0.462 e. The summed E-state index contributed by atoms with van der Waals surface area (Å²) in [5.41, 5.74) is 0.0146. The van der Waals surface area contributed by atoms with Gasteiger partial charge in [-0.15, -0.1) is 0 Å². The molecule has 1 rings (SSSR count). The van der Waals surface area contributed by atoms with E-state index in [0.29, 0.717) is 18.3 Å². The van der Waals surface area contributed by atoms with E-state index < -0.39 is 16.1 Å². The predicted octanol–water partition coefficient (Wildman–Crippen LogP) is 3.64. The van der Waals surface area contributed by atoms with Gasteiger partial charge in [0.05, 0.1) is 18.8 Å². The fourth-order valence-electron chi connectivity index (χ4n) is 1.78. The van der Waals surface area contributed by atoms with Crippen molar-refractivity contribution in [3.63, 3.8) is 0 Å². The van der Waals surface area contributed by atoms with Gasteiger partial charge in [-0.1, -0.05) is 39.8 Å². The molecule has 1 aromatic rings. The van der Waals surface area contributed by atoms with Crippen LogP contribution in [0.4, 0.5) is 0 Å². The Morgan fingerprint density at radius 3 is 2.17 bits per heavy atom. The van der Waals surface area contributed by atoms with Crippen LogP contribution in [0.3, 0.4) is 0 Å². The highest BCUT2D eigenvalue weighted by Gasteiger charge is 2.24. The topological polar surface area (TPSA) is 69.7 Å². The quantitative estimate of drug-likeness (QED) is 0.506. The van der Waals surface area contributed by atoms with E-state index in [0.717, 1.165) is 6.42 Å². The molecule has 0 atom stereocenters. The smallest absolute Gasteiger partial charge is 0.339 e. The summed E-state index contributed by atoms with van der Waals surface area (Å²) in [7, 11) is -3.97. The van der Waals surface area contributed by atoms with Gasteiger partial charge in [-0.3, -0.25) is 4.18 Å². The summed E-state index contributed by atoms with van der Waals surface area (Å²) in [5, 5.41) is 0. The van der Waals surface area contributed by atoms with Gasteiger partial charge in [0, 0.05) is 0 Å². The molecule has 0 saturated heterocycles. The van der Waals surface area contributed by atoms with E-state index in [1.165, 1.54) is 12.1 Å². The van der Waals surface area contributed by atoms with E-state index in [2.05, 4.69) is 0 Å². The lowest BCUT2D eigenvalue weighted by atomic mass is 10.1. The van der Waals surface area contributed by atoms with E-state index in [1.807, 2.05) is 27.7 Å². The van der Waals surface area contributed by atoms with Gasteiger partial charge in [0.1, 0.15) is 4.90 Å². The van der Waals surface area contributed by atoms with Crippen molar-refractivity contribution < 1.29 is 22.1 Å². The Bertz CT molecular complexity index is 605. The Morgan fingerprint density at radius 2 is 1.57 bits per heavy atom. The Morgan fingerprint density at radius 1 is 1.00 bits per heavy atom. The second-order valence-corrected chi connectivity index (χ2v) is 7.86. The summed E-state index contributed by atoms with van der Waals surface area (Å²) in [4.78, 5) is 12.0. The molecule has 23 heavy (non-hydrogen) atoms. The van der Waals surface area contributed by atoms with Crippen LogP contribution in [0.25, 0.3) is 0 Å². The third-order valence-electron chi connectivity index (χ3n) is 3.24. The first-order valence-corrected chi connectivity index (χ1v) is 9.30. The number of ether oxygens (including phenoxy) is 1. The lowest BCUT2D eigenvalue weighted by Gasteiger charge is -2.12. The van der Waals surface area contributed by atoms with Gasteiger partial charge in [-0.25, -0.2) is 4.79 Å². The Hall–Kier alpha value is -1.40. The first-order chi connectivity index (χ1) is 10.7. The third kappa shape index (κ3) is 6.71. The number of carbonyl (C=O) groups excluding carboxylic acids is 1. The molecular weight excluding hydrogens is 316 g/mol. The lowest BCUT2D eigenvalue weighted by molar-refractivity contribution is 0.0483. The molecule has 0 unspecified atom stereocenters. The molecule has 0 bridgehead atoms. The zero-order chi connectivity index (χ0) is 17.5. The highest BCUT2D eigenvalue weighted by molar-refractivity contribution is 7.86. The molecule has 0 aliphatic carbocycles. The molecule has 5 nitrogen and oxygen atoms in total. The van der Waals surface area contributed by atoms with Crippen LogP contribution in [0.1, 0.15) is 50.9 Å². The molecule has 0 fully saturated rings. The highest BCUT2D eigenvalue weighted by atomic mass is 32.2. The second kappa shape index (κ2) is 9.03. The molecule has 0 heterocycles. The highest BCUT2D eigenvalue weighted by Crippen LogP contribution is 2.20. The van der Waals surface area contributed by atoms with Gasteiger partial charge in [-0.05, 0) is 36.8 Å². The first-order valence-electron chi connectivity index (χ1n) is 7.89. The van der Waals surface area contributed by atoms with Crippen LogP contribution in [0.5, 0.6) is 0 Å². The van der Waals surface area contributed by atoms with Crippen LogP contribution in [-0.2, 0) is 19.0 Å². The molecule has 0 aromatic heterocycles. The van der Waals surface area contributed by atoms with Crippen molar-refractivity contribution in [2.24, 2.45) is 11.8 Å². The van der Waals surface area contributed by atoms with E-state index in [-0.39, 0.29) is 23.7 Å². The van der Waals surface area contributed by atoms with Crippen molar-refractivity contribution in [1.29, 1.82) is 0 Å². The molecule has 0 amide bonds. The molecule has 0 radical (unpaired) electrons. The summed E-state index contributed by atoms with van der Waals surface area (Å²) in [6.45, 7) is 8.37. The van der Waals surface area contributed by atoms with Gasteiger partial charge < -0.3 is 4.74 Å². The maximum Gasteiger partial charge on any atom is 0.339 e. The van der Waals surface area contributed by atoms with Crippen molar-refractivity contribution in [2.45, 2.75) is 45.4 Å². The molecule has 0 spiro atoms. The average molecular weight is 342 g/mol. The number of carbonyl (C=O) groups is 1. The van der Waals surface area contributed by atoms with Crippen molar-refractivity contribution >= 4 is 16.1 Å². The summed E-state index contributed by atoms with van der Waals surface area (Å²) >= 11 is 0. The fourth-order valence-corrected chi connectivity index (χ4v) is 2.88. The number of esters is 1. The predicted molar refractivity (Wildman–Crippen MR) is 88.8 cm³/mol. The minimum absolute atomic E-state index is 0.0146. The SMILES string of the molecule is CC(C)CCOC(=O)c1ccccc1S(=O)(=O)OCCC(C)C. The van der Waals surface area contributed by atoms with Crippen molar-refractivity contribution in [3.8, 4) is 0 Å². The van der Waals surface area contributed by atoms with Gasteiger partial charge in [0.15, 0.2) is 0 Å².